The van der Waals surface area contributed by atoms with Crippen LogP contribution in [0.5, 0.6) is 0 Å². The number of amides is 2. The highest BCUT2D eigenvalue weighted by molar-refractivity contribution is 5.76. The van der Waals surface area contributed by atoms with E-state index in [0.29, 0.717) is 25.8 Å². The zero-order valence-electron chi connectivity index (χ0n) is 15.5. The van der Waals surface area contributed by atoms with Crippen LogP contribution in [0.3, 0.4) is 0 Å². The van der Waals surface area contributed by atoms with Gasteiger partial charge in [-0.05, 0) is 54.4 Å². The summed E-state index contributed by atoms with van der Waals surface area (Å²) in [4.78, 5) is 23.5. The van der Waals surface area contributed by atoms with Crippen molar-refractivity contribution in [2.45, 2.75) is 72.4 Å². The molecule has 0 saturated carbocycles. The summed E-state index contributed by atoms with van der Waals surface area (Å²) < 4.78 is 10.2. The Morgan fingerprint density at radius 3 is 2.50 bits per heavy atom. The van der Waals surface area contributed by atoms with E-state index in [1.807, 2.05) is 41.5 Å². The molecule has 0 aliphatic rings. The van der Waals surface area contributed by atoms with Crippen LogP contribution in [0.4, 0.5) is 4.79 Å². The van der Waals surface area contributed by atoms with Gasteiger partial charge in [-0.1, -0.05) is 5.16 Å². The molecule has 0 saturated heterocycles. The standard InChI is InChI=1S/C17H29N3O4/c1-11(9-10-18-16(22)23-17(4,5)6)19-15(21)8-7-14-12(2)20-24-13(14)3/h11H,7-10H2,1-6H3,(H,18,22)(H,19,21)/t11-/m1/s1. The molecule has 0 bridgehead atoms. The number of carbonyl (C=O) groups is 2. The van der Waals surface area contributed by atoms with Crippen molar-refractivity contribution in [3.05, 3.63) is 17.0 Å². The maximum absolute atomic E-state index is 12.0. The first-order valence-electron chi connectivity index (χ1n) is 8.26. The molecule has 24 heavy (non-hydrogen) atoms. The van der Waals surface area contributed by atoms with Crippen LogP contribution in [0.25, 0.3) is 0 Å². The van der Waals surface area contributed by atoms with E-state index in [1.165, 1.54) is 0 Å². The number of hydrogen-bond donors (Lipinski definition) is 2. The van der Waals surface area contributed by atoms with E-state index in [9.17, 15) is 9.59 Å². The first-order valence-corrected chi connectivity index (χ1v) is 8.26. The Hall–Kier alpha value is -2.05. The topological polar surface area (TPSA) is 93.5 Å². The second-order valence-corrected chi connectivity index (χ2v) is 6.99. The largest absolute Gasteiger partial charge is 0.444 e. The average molecular weight is 339 g/mol. The van der Waals surface area contributed by atoms with Gasteiger partial charge in [0.25, 0.3) is 0 Å². The highest BCUT2D eigenvalue weighted by Crippen LogP contribution is 2.14. The molecule has 2 amide bonds. The lowest BCUT2D eigenvalue weighted by Gasteiger charge is -2.20. The maximum Gasteiger partial charge on any atom is 0.407 e. The summed E-state index contributed by atoms with van der Waals surface area (Å²) in [5.41, 5.74) is 1.31. The second-order valence-electron chi connectivity index (χ2n) is 6.99. The Balaban J connectivity index is 2.24. The second kappa shape index (κ2) is 8.70. The van der Waals surface area contributed by atoms with Gasteiger partial charge >= 0.3 is 6.09 Å². The first-order chi connectivity index (χ1) is 11.1. The van der Waals surface area contributed by atoms with E-state index >= 15 is 0 Å². The molecule has 0 aliphatic heterocycles. The van der Waals surface area contributed by atoms with Gasteiger partial charge in [0.2, 0.25) is 5.91 Å². The zero-order valence-corrected chi connectivity index (χ0v) is 15.5. The molecule has 1 atom stereocenters. The summed E-state index contributed by atoms with van der Waals surface area (Å²) in [5, 5.41) is 9.48. The van der Waals surface area contributed by atoms with Crippen LogP contribution in [0.1, 0.15) is 57.6 Å². The van der Waals surface area contributed by atoms with Crippen molar-refractivity contribution in [1.82, 2.24) is 15.8 Å². The van der Waals surface area contributed by atoms with Gasteiger partial charge in [0.1, 0.15) is 11.4 Å². The number of aryl methyl sites for hydroxylation is 2. The smallest absolute Gasteiger partial charge is 0.407 e. The van der Waals surface area contributed by atoms with Gasteiger partial charge in [-0.2, -0.15) is 0 Å². The molecule has 136 valence electrons. The summed E-state index contributed by atoms with van der Waals surface area (Å²) in [5.74, 6) is 0.731. The van der Waals surface area contributed by atoms with Gasteiger partial charge < -0.3 is 19.9 Å². The number of nitrogens with one attached hydrogen (secondary N) is 2. The minimum absolute atomic E-state index is 0.0280. The van der Waals surface area contributed by atoms with Gasteiger partial charge in [-0.15, -0.1) is 0 Å². The van der Waals surface area contributed by atoms with Crippen molar-refractivity contribution in [3.63, 3.8) is 0 Å². The molecule has 7 heteroatoms. The lowest BCUT2D eigenvalue weighted by Crippen LogP contribution is -2.37. The summed E-state index contributed by atoms with van der Waals surface area (Å²) in [6, 6.07) is -0.0305. The normalized spacial score (nSPS) is 12.6. The average Bonchev–Trinajstić information content (AvgIpc) is 2.73. The molecular formula is C17H29N3O4. The van der Waals surface area contributed by atoms with Crippen LogP contribution in [-0.2, 0) is 16.0 Å². The minimum atomic E-state index is -0.512. The molecule has 0 fully saturated rings. The fourth-order valence-electron chi connectivity index (χ4n) is 2.22. The van der Waals surface area contributed by atoms with Crippen molar-refractivity contribution in [3.8, 4) is 0 Å². The van der Waals surface area contributed by atoms with E-state index in [2.05, 4.69) is 15.8 Å². The van der Waals surface area contributed by atoms with Crippen LogP contribution < -0.4 is 10.6 Å². The molecule has 2 N–H and O–H groups in total. The SMILES string of the molecule is Cc1noc(C)c1CCC(=O)N[C@H](C)CCNC(=O)OC(C)(C)C. The van der Waals surface area contributed by atoms with Gasteiger partial charge in [0.15, 0.2) is 0 Å². The number of alkyl carbamates (subject to hydrolysis) is 1. The van der Waals surface area contributed by atoms with E-state index in [-0.39, 0.29) is 11.9 Å². The van der Waals surface area contributed by atoms with E-state index in [0.717, 1.165) is 17.0 Å². The van der Waals surface area contributed by atoms with E-state index in [1.54, 1.807) is 0 Å². The monoisotopic (exact) mass is 339 g/mol. The summed E-state index contributed by atoms with van der Waals surface area (Å²) in [6.45, 7) is 11.5. The summed E-state index contributed by atoms with van der Waals surface area (Å²) in [6.07, 6.45) is 1.18. The van der Waals surface area contributed by atoms with Crippen molar-refractivity contribution in [1.29, 1.82) is 0 Å². The van der Waals surface area contributed by atoms with E-state index in [4.69, 9.17) is 9.26 Å². The predicted octanol–water partition coefficient (Wildman–Crippen LogP) is 2.64. The Kier molecular flexibility index (Phi) is 7.25. The molecule has 0 spiro atoms. The molecule has 1 aromatic rings. The molecule has 1 rings (SSSR count). The van der Waals surface area contributed by atoms with Crippen LogP contribution in [-0.4, -0.2) is 35.3 Å². The maximum atomic E-state index is 12.0. The molecule has 0 radical (unpaired) electrons. The molecule has 1 aromatic heterocycles. The lowest BCUT2D eigenvalue weighted by atomic mass is 10.1. The van der Waals surface area contributed by atoms with Crippen molar-refractivity contribution < 1.29 is 18.8 Å². The minimum Gasteiger partial charge on any atom is -0.444 e. The number of carbonyl (C=O) groups excluding carboxylic acids is 2. The molecule has 0 aromatic carbocycles. The molecule has 0 aliphatic carbocycles. The van der Waals surface area contributed by atoms with Gasteiger partial charge in [0, 0.05) is 24.6 Å². The number of rotatable bonds is 7. The Morgan fingerprint density at radius 2 is 1.96 bits per heavy atom. The summed E-state index contributed by atoms with van der Waals surface area (Å²) >= 11 is 0. The van der Waals surface area contributed by atoms with Gasteiger partial charge in [-0.25, -0.2) is 4.79 Å². The molecular weight excluding hydrogens is 310 g/mol. The Bertz CT molecular complexity index is 541. The third-order valence-corrected chi connectivity index (χ3v) is 3.44. The number of hydrogen-bond acceptors (Lipinski definition) is 5. The fraction of sp³-hybridized carbons (Fsp3) is 0.706. The molecule has 0 unspecified atom stereocenters. The lowest BCUT2D eigenvalue weighted by molar-refractivity contribution is -0.121. The van der Waals surface area contributed by atoms with Crippen molar-refractivity contribution in [2.75, 3.05) is 6.54 Å². The molecule has 1 heterocycles. The summed E-state index contributed by atoms with van der Waals surface area (Å²) in [7, 11) is 0. The first kappa shape index (κ1) is 20.0. The van der Waals surface area contributed by atoms with Crippen molar-refractivity contribution in [2.24, 2.45) is 0 Å². The van der Waals surface area contributed by atoms with Crippen LogP contribution in [0.2, 0.25) is 0 Å². The van der Waals surface area contributed by atoms with Gasteiger partial charge in [-0.3, -0.25) is 4.79 Å². The van der Waals surface area contributed by atoms with Crippen LogP contribution >= 0.6 is 0 Å². The highest BCUT2D eigenvalue weighted by Gasteiger charge is 2.16. The third kappa shape index (κ3) is 7.48. The number of aromatic nitrogens is 1. The Labute approximate surface area is 143 Å². The van der Waals surface area contributed by atoms with Crippen molar-refractivity contribution >= 4 is 12.0 Å². The predicted molar refractivity (Wildman–Crippen MR) is 90.8 cm³/mol. The number of ether oxygens (including phenoxy) is 1. The highest BCUT2D eigenvalue weighted by atomic mass is 16.6. The third-order valence-electron chi connectivity index (χ3n) is 3.44. The van der Waals surface area contributed by atoms with Gasteiger partial charge in [0.05, 0.1) is 5.69 Å². The molecule has 7 nitrogen and oxygen atoms in total. The van der Waals surface area contributed by atoms with Crippen LogP contribution in [0, 0.1) is 13.8 Å². The number of nitrogens with zero attached hydrogens (tertiary/aromatic N) is 1. The quantitative estimate of drug-likeness (QED) is 0.796. The zero-order chi connectivity index (χ0) is 18.3. The van der Waals surface area contributed by atoms with Crippen LogP contribution in [0.15, 0.2) is 4.52 Å². The fourth-order valence-corrected chi connectivity index (χ4v) is 2.22. The Morgan fingerprint density at radius 1 is 1.29 bits per heavy atom. The van der Waals surface area contributed by atoms with E-state index < -0.39 is 11.7 Å².